The second-order valence-electron chi connectivity index (χ2n) is 4.25. The lowest BCUT2D eigenvalue weighted by Crippen LogP contribution is -2.17. The van der Waals surface area contributed by atoms with Crippen molar-refractivity contribution in [3.63, 3.8) is 0 Å². The molecular formula is C13H12BrN3O3. The second kappa shape index (κ2) is 5.46. The topological polar surface area (TPSA) is 84.2 Å². The van der Waals surface area contributed by atoms with Crippen LogP contribution < -0.4 is 5.32 Å². The molecule has 0 saturated heterocycles. The Labute approximate surface area is 123 Å². The lowest BCUT2D eigenvalue weighted by Gasteiger charge is -2.08. The molecule has 104 valence electrons. The largest absolute Gasteiger partial charge is 0.478 e. The monoisotopic (exact) mass is 337 g/mol. The van der Waals surface area contributed by atoms with Crippen LogP contribution in [0.25, 0.3) is 0 Å². The summed E-state index contributed by atoms with van der Waals surface area (Å²) in [4.78, 5) is 27.0. The summed E-state index contributed by atoms with van der Waals surface area (Å²) in [6.07, 6.45) is 1.54. The zero-order chi connectivity index (χ0) is 14.9. The van der Waals surface area contributed by atoms with Crippen molar-refractivity contribution in [1.82, 2.24) is 9.55 Å². The fraction of sp³-hybridized carbons (Fsp3) is 0.154. The van der Waals surface area contributed by atoms with Gasteiger partial charge in [0.2, 0.25) is 0 Å². The van der Waals surface area contributed by atoms with E-state index in [9.17, 15) is 9.59 Å². The number of hydrogen-bond donors (Lipinski definition) is 2. The summed E-state index contributed by atoms with van der Waals surface area (Å²) >= 11 is 3.26. The molecule has 0 spiro atoms. The zero-order valence-electron chi connectivity index (χ0n) is 10.8. The Kier molecular flexibility index (Phi) is 3.89. The van der Waals surface area contributed by atoms with Gasteiger partial charge < -0.3 is 15.0 Å². The molecule has 0 unspecified atom stereocenters. The van der Waals surface area contributed by atoms with Crippen LogP contribution in [0.2, 0.25) is 0 Å². The van der Waals surface area contributed by atoms with Crippen LogP contribution in [0, 0.1) is 6.92 Å². The Morgan fingerprint density at radius 1 is 1.40 bits per heavy atom. The number of nitrogens with zero attached hydrogens (tertiary/aromatic N) is 2. The third-order valence-electron chi connectivity index (χ3n) is 2.85. The maximum Gasteiger partial charge on any atom is 0.335 e. The highest BCUT2D eigenvalue weighted by Crippen LogP contribution is 2.17. The molecular weight excluding hydrogens is 326 g/mol. The average molecular weight is 338 g/mol. The molecule has 1 aromatic heterocycles. The fourth-order valence-electron chi connectivity index (χ4n) is 1.77. The first-order valence-electron chi connectivity index (χ1n) is 5.72. The predicted octanol–water partition coefficient (Wildman–Crippen LogP) is 2.44. The molecule has 2 N–H and O–H groups in total. The molecule has 0 radical (unpaired) electrons. The summed E-state index contributed by atoms with van der Waals surface area (Å²) in [5, 5.41) is 11.6. The molecule has 0 fully saturated rings. The van der Waals surface area contributed by atoms with Gasteiger partial charge in [0.1, 0.15) is 4.60 Å². The number of aromatic nitrogens is 2. The first-order chi connectivity index (χ1) is 9.40. The normalized spacial score (nSPS) is 10.3. The van der Waals surface area contributed by atoms with E-state index in [4.69, 9.17) is 5.11 Å². The van der Waals surface area contributed by atoms with Crippen LogP contribution in [0.4, 0.5) is 5.69 Å². The number of benzene rings is 1. The number of carbonyl (C=O) groups is 2. The minimum absolute atomic E-state index is 0.211. The summed E-state index contributed by atoms with van der Waals surface area (Å²) in [5.41, 5.74) is 1.32. The maximum absolute atomic E-state index is 12.0. The smallest absolute Gasteiger partial charge is 0.335 e. The molecule has 1 aromatic carbocycles. The molecule has 0 bridgehead atoms. The van der Waals surface area contributed by atoms with Gasteiger partial charge in [-0.15, -0.1) is 0 Å². The van der Waals surface area contributed by atoms with E-state index < -0.39 is 5.97 Å². The van der Waals surface area contributed by atoms with Crippen molar-refractivity contribution < 1.29 is 14.7 Å². The van der Waals surface area contributed by atoms with Gasteiger partial charge in [-0.25, -0.2) is 9.78 Å². The molecule has 7 heteroatoms. The molecule has 0 saturated carbocycles. The van der Waals surface area contributed by atoms with Gasteiger partial charge in [-0.3, -0.25) is 4.79 Å². The highest BCUT2D eigenvalue weighted by atomic mass is 79.9. The number of aromatic carboxylic acids is 1. The number of amides is 1. The highest BCUT2D eigenvalue weighted by molar-refractivity contribution is 9.10. The first kappa shape index (κ1) is 14.3. The molecule has 0 atom stereocenters. The van der Waals surface area contributed by atoms with Crippen LogP contribution >= 0.6 is 15.9 Å². The van der Waals surface area contributed by atoms with Gasteiger partial charge >= 0.3 is 5.97 Å². The number of aryl methyl sites for hydroxylation is 1. The molecule has 0 aliphatic rings. The quantitative estimate of drug-likeness (QED) is 0.900. The van der Waals surface area contributed by atoms with Crippen LogP contribution in [0.3, 0.4) is 0 Å². The number of hydrogen-bond acceptors (Lipinski definition) is 3. The van der Waals surface area contributed by atoms with Crippen molar-refractivity contribution in [1.29, 1.82) is 0 Å². The van der Waals surface area contributed by atoms with Gasteiger partial charge in [0.25, 0.3) is 5.91 Å². The number of halogens is 1. The van der Waals surface area contributed by atoms with E-state index in [1.54, 1.807) is 30.7 Å². The summed E-state index contributed by atoms with van der Waals surface area (Å²) < 4.78 is 2.30. The highest BCUT2D eigenvalue weighted by Gasteiger charge is 2.14. The second-order valence-corrected chi connectivity index (χ2v) is 5.07. The summed E-state index contributed by atoms with van der Waals surface area (Å²) in [6, 6.07) is 4.62. The lowest BCUT2D eigenvalue weighted by atomic mass is 10.1. The van der Waals surface area contributed by atoms with Crippen LogP contribution in [-0.4, -0.2) is 26.5 Å². The fourth-order valence-corrected chi connectivity index (χ4v) is 2.04. The zero-order valence-corrected chi connectivity index (χ0v) is 12.4. The Balaban J connectivity index is 2.22. The summed E-state index contributed by atoms with van der Waals surface area (Å²) in [6.45, 7) is 1.68. The van der Waals surface area contributed by atoms with Crippen LogP contribution in [0.5, 0.6) is 0 Å². The Morgan fingerprint density at radius 2 is 2.10 bits per heavy atom. The van der Waals surface area contributed by atoms with Crippen molar-refractivity contribution in [2.45, 2.75) is 6.92 Å². The standard InChI is InChI=1S/C13H12BrN3O3/c1-7-5-8(3-4-9(7)13(19)20)16-12(18)11-15-6-10(14)17(11)2/h3-6H,1-2H3,(H,16,18)(H,19,20). The predicted molar refractivity (Wildman–Crippen MR) is 77.0 cm³/mol. The number of rotatable bonds is 3. The van der Waals surface area contributed by atoms with Crippen LogP contribution in [0.1, 0.15) is 26.5 Å². The van der Waals surface area contributed by atoms with Crippen LogP contribution in [0.15, 0.2) is 29.0 Å². The molecule has 20 heavy (non-hydrogen) atoms. The first-order valence-corrected chi connectivity index (χ1v) is 6.52. The molecule has 1 amide bonds. The van der Waals surface area contributed by atoms with Crippen molar-refractivity contribution in [2.24, 2.45) is 7.05 Å². The van der Waals surface area contributed by atoms with E-state index in [-0.39, 0.29) is 17.3 Å². The molecule has 6 nitrogen and oxygen atoms in total. The van der Waals surface area contributed by atoms with Crippen molar-refractivity contribution in [3.05, 3.63) is 46.0 Å². The third kappa shape index (κ3) is 2.72. The summed E-state index contributed by atoms with van der Waals surface area (Å²) in [5.74, 6) is -1.09. The Morgan fingerprint density at radius 3 is 2.60 bits per heavy atom. The van der Waals surface area contributed by atoms with Gasteiger partial charge in [0, 0.05) is 12.7 Å². The molecule has 0 aliphatic carbocycles. The van der Waals surface area contributed by atoms with Crippen molar-refractivity contribution in [3.8, 4) is 0 Å². The minimum Gasteiger partial charge on any atom is -0.478 e. The lowest BCUT2D eigenvalue weighted by molar-refractivity contribution is 0.0696. The number of carbonyl (C=O) groups excluding carboxylic acids is 1. The third-order valence-corrected chi connectivity index (χ3v) is 3.59. The molecule has 2 rings (SSSR count). The average Bonchev–Trinajstić information content (AvgIpc) is 2.69. The van der Waals surface area contributed by atoms with E-state index in [0.717, 1.165) is 0 Å². The van der Waals surface area contributed by atoms with Gasteiger partial charge in [0.05, 0.1) is 11.8 Å². The molecule has 2 aromatic rings. The van der Waals surface area contributed by atoms with Gasteiger partial charge in [-0.05, 0) is 46.6 Å². The van der Waals surface area contributed by atoms with Gasteiger partial charge in [-0.1, -0.05) is 0 Å². The number of carboxylic acid groups (broad SMARTS) is 1. The Bertz CT molecular complexity index is 694. The number of anilines is 1. The van der Waals surface area contributed by atoms with E-state index >= 15 is 0 Å². The number of nitrogens with one attached hydrogen (secondary N) is 1. The van der Waals surface area contributed by atoms with Crippen LogP contribution in [-0.2, 0) is 7.05 Å². The van der Waals surface area contributed by atoms with E-state index in [1.165, 1.54) is 12.3 Å². The molecule has 1 heterocycles. The maximum atomic E-state index is 12.0. The number of carboxylic acids is 1. The number of imidazole rings is 1. The minimum atomic E-state index is -0.992. The summed E-state index contributed by atoms with van der Waals surface area (Å²) in [7, 11) is 1.71. The van der Waals surface area contributed by atoms with Gasteiger partial charge in [0.15, 0.2) is 5.82 Å². The van der Waals surface area contributed by atoms with E-state index in [1.807, 2.05) is 0 Å². The Hall–Kier alpha value is -2.15. The molecule has 0 aliphatic heterocycles. The van der Waals surface area contributed by atoms with E-state index in [0.29, 0.717) is 15.9 Å². The SMILES string of the molecule is Cc1cc(NC(=O)c2ncc(Br)n2C)ccc1C(=O)O. The van der Waals surface area contributed by atoms with Crippen molar-refractivity contribution >= 4 is 33.5 Å². The van der Waals surface area contributed by atoms with Crippen molar-refractivity contribution in [2.75, 3.05) is 5.32 Å². The van der Waals surface area contributed by atoms with E-state index in [2.05, 4.69) is 26.2 Å². The van der Waals surface area contributed by atoms with Gasteiger partial charge in [-0.2, -0.15) is 0 Å².